The van der Waals surface area contributed by atoms with E-state index in [0.717, 1.165) is 26.2 Å². The summed E-state index contributed by atoms with van der Waals surface area (Å²) in [4.78, 5) is 2.42. The molecule has 3 nitrogen and oxygen atoms in total. The van der Waals surface area contributed by atoms with Crippen molar-refractivity contribution in [3.8, 4) is 0 Å². The van der Waals surface area contributed by atoms with Gasteiger partial charge in [0, 0.05) is 18.6 Å². The van der Waals surface area contributed by atoms with E-state index in [1.807, 2.05) is 0 Å². The van der Waals surface area contributed by atoms with Gasteiger partial charge in [-0.1, -0.05) is 26.7 Å². The molecule has 0 bridgehead atoms. The topological polar surface area (TPSA) is 35.5 Å². The first-order valence-corrected chi connectivity index (χ1v) is 7.24. The Labute approximate surface area is 107 Å². The summed E-state index contributed by atoms with van der Waals surface area (Å²) in [6.45, 7) is 11.1. The van der Waals surface area contributed by atoms with Gasteiger partial charge in [-0.15, -0.1) is 0 Å². The molecule has 1 saturated carbocycles. The van der Waals surface area contributed by atoms with E-state index >= 15 is 0 Å². The predicted molar refractivity (Wildman–Crippen MR) is 73.2 cm³/mol. The number of nitrogens with zero attached hydrogens (tertiary/aromatic N) is 1. The summed E-state index contributed by atoms with van der Waals surface area (Å²) in [6, 6.07) is 0. The number of rotatable bonds is 8. The molecule has 0 radical (unpaired) electrons. The molecule has 0 aromatic carbocycles. The van der Waals surface area contributed by atoms with Gasteiger partial charge in [0.2, 0.25) is 0 Å². The van der Waals surface area contributed by atoms with Gasteiger partial charge in [0.1, 0.15) is 0 Å². The van der Waals surface area contributed by atoms with Crippen molar-refractivity contribution in [3.05, 3.63) is 0 Å². The average Bonchev–Trinajstić information content (AvgIpc) is 2.89. The van der Waals surface area contributed by atoms with Gasteiger partial charge in [0.25, 0.3) is 0 Å². The van der Waals surface area contributed by atoms with Crippen LogP contribution in [0.4, 0.5) is 0 Å². The van der Waals surface area contributed by atoms with Crippen molar-refractivity contribution in [3.63, 3.8) is 0 Å². The Morgan fingerprint density at radius 1 is 1.24 bits per heavy atom. The van der Waals surface area contributed by atoms with Crippen LogP contribution in [0.1, 0.15) is 46.5 Å². The maximum Gasteiger partial charge on any atom is 0.0613 e. The lowest BCUT2D eigenvalue weighted by Gasteiger charge is -2.36. The second kappa shape index (κ2) is 7.34. The molecule has 17 heavy (non-hydrogen) atoms. The van der Waals surface area contributed by atoms with Crippen LogP contribution < -0.4 is 5.32 Å². The highest BCUT2D eigenvalue weighted by molar-refractivity contribution is 4.92. The second-order valence-electron chi connectivity index (χ2n) is 5.51. The number of aliphatic hydroxyl groups is 1. The van der Waals surface area contributed by atoms with Crippen LogP contribution in [0.15, 0.2) is 0 Å². The molecule has 0 aliphatic heterocycles. The van der Waals surface area contributed by atoms with Gasteiger partial charge in [0.05, 0.1) is 6.61 Å². The fourth-order valence-corrected chi connectivity index (χ4v) is 2.93. The van der Waals surface area contributed by atoms with Crippen molar-refractivity contribution in [2.75, 3.05) is 32.8 Å². The van der Waals surface area contributed by atoms with E-state index in [9.17, 15) is 5.11 Å². The van der Waals surface area contributed by atoms with Crippen molar-refractivity contribution >= 4 is 0 Å². The van der Waals surface area contributed by atoms with Gasteiger partial charge in [-0.25, -0.2) is 0 Å². The zero-order valence-electron chi connectivity index (χ0n) is 11.8. The molecule has 1 aliphatic carbocycles. The smallest absolute Gasteiger partial charge is 0.0613 e. The van der Waals surface area contributed by atoms with Crippen molar-refractivity contribution < 1.29 is 5.11 Å². The lowest BCUT2D eigenvalue weighted by Crippen LogP contribution is -2.53. The van der Waals surface area contributed by atoms with E-state index in [-0.39, 0.29) is 12.1 Å². The minimum Gasteiger partial charge on any atom is -0.394 e. The Bertz CT molecular complexity index is 200. The highest BCUT2D eigenvalue weighted by atomic mass is 16.3. The van der Waals surface area contributed by atoms with Crippen LogP contribution >= 0.6 is 0 Å². The predicted octanol–water partition coefficient (Wildman–Crippen LogP) is 1.86. The monoisotopic (exact) mass is 242 g/mol. The average molecular weight is 242 g/mol. The Hall–Kier alpha value is -0.120. The molecule has 0 aromatic rings. The van der Waals surface area contributed by atoms with Gasteiger partial charge < -0.3 is 15.3 Å². The van der Waals surface area contributed by atoms with Crippen LogP contribution in [-0.2, 0) is 0 Å². The second-order valence-corrected chi connectivity index (χ2v) is 5.51. The summed E-state index contributed by atoms with van der Waals surface area (Å²) in [6.07, 6.45) is 5.21. The Balaban J connectivity index is 2.35. The number of hydrogen-bond donors (Lipinski definition) is 2. The minimum absolute atomic E-state index is 0.0658. The highest BCUT2D eigenvalue weighted by Crippen LogP contribution is 2.33. The van der Waals surface area contributed by atoms with Gasteiger partial charge >= 0.3 is 0 Å². The first kappa shape index (κ1) is 14.9. The van der Waals surface area contributed by atoms with Crippen molar-refractivity contribution in [2.24, 2.45) is 5.92 Å². The maximum atomic E-state index is 9.65. The van der Waals surface area contributed by atoms with Crippen LogP contribution in [-0.4, -0.2) is 48.3 Å². The SMILES string of the molecule is CCN(CC)CCNC(C)(CO)C1CCCC1. The van der Waals surface area contributed by atoms with Crippen LogP contribution in [0.5, 0.6) is 0 Å². The normalized spacial score (nSPS) is 21.0. The summed E-state index contributed by atoms with van der Waals surface area (Å²) < 4.78 is 0. The van der Waals surface area contributed by atoms with E-state index < -0.39 is 0 Å². The molecular formula is C14H30N2O. The molecule has 0 aromatic heterocycles. The molecule has 0 amide bonds. The third kappa shape index (κ3) is 4.23. The van der Waals surface area contributed by atoms with Crippen LogP contribution in [0.3, 0.4) is 0 Å². The van der Waals surface area contributed by atoms with Crippen molar-refractivity contribution in [1.29, 1.82) is 0 Å². The van der Waals surface area contributed by atoms with E-state index in [2.05, 4.69) is 31.0 Å². The quantitative estimate of drug-likeness (QED) is 0.682. The molecule has 0 saturated heterocycles. The fourth-order valence-electron chi connectivity index (χ4n) is 2.93. The first-order valence-electron chi connectivity index (χ1n) is 7.24. The molecule has 0 spiro atoms. The number of nitrogens with one attached hydrogen (secondary N) is 1. The van der Waals surface area contributed by atoms with Gasteiger partial charge in [-0.05, 0) is 38.8 Å². The molecule has 3 heteroatoms. The standard InChI is InChI=1S/C14H30N2O/c1-4-16(5-2)11-10-15-14(3,12-17)13-8-6-7-9-13/h13,15,17H,4-12H2,1-3H3. The van der Waals surface area contributed by atoms with Crippen LogP contribution in [0.25, 0.3) is 0 Å². The summed E-state index contributed by atoms with van der Waals surface area (Å²) in [5.74, 6) is 0.657. The molecule has 1 rings (SSSR count). The molecule has 102 valence electrons. The summed E-state index contributed by atoms with van der Waals surface area (Å²) >= 11 is 0. The van der Waals surface area contributed by atoms with Gasteiger partial charge in [0.15, 0.2) is 0 Å². The molecule has 1 unspecified atom stereocenters. The molecule has 1 fully saturated rings. The van der Waals surface area contributed by atoms with Crippen LogP contribution in [0, 0.1) is 5.92 Å². The Morgan fingerprint density at radius 2 is 1.82 bits per heavy atom. The maximum absolute atomic E-state index is 9.65. The number of likely N-dealkylation sites (N-methyl/N-ethyl adjacent to an activating group) is 1. The zero-order chi connectivity index (χ0) is 12.7. The Kier molecular flexibility index (Phi) is 6.45. The molecule has 1 aliphatic rings. The van der Waals surface area contributed by atoms with Gasteiger partial charge in [-0.2, -0.15) is 0 Å². The molecule has 2 N–H and O–H groups in total. The lowest BCUT2D eigenvalue weighted by atomic mass is 9.85. The van der Waals surface area contributed by atoms with Crippen LogP contribution in [0.2, 0.25) is 0 Å². The van der Waals surface area contributed by atoms with E-state index in [0.29, 0.717) is 5.92 Å². The third-order valence-electron chi connectivity index (χ3n) is 4.44. The van der Waals surface area contributed by atoms with E-state index in [1.54, 1.807) is 0 Å². The van der Waals surface area contributed by atoms with Crippen molar-refractivity contribution in [1.82, 2.24) is 10.2 Å². The zero-order valence-corrected chi connectivity index (χ0v) is 11.8. The molecular weight excluding hydrogens is 212 g/mol. The first-order chi connectivity index (χ1) is 8.16. The number of hydrogen-bond acceptors (Lipinski definition) is 3. The lowest BCUT2D eigenvalue weighted by molar-refractivity contribution is 0.116. The summed E-state index contributed by atoms with van der Waals surface area (Å²) in [5, 5.41) is 13.2. The Morgan fingerprint density at radius 3 is 2.29 bits per heavy atom. The number of aliphatic hydroxyl groups excluding tert-OH is 1. The summed E-state index contributed by atoms with van der Waals surface area (Å²) in [5.41, 5.74) is -0.0658. The summed E-state index contributed by atoms with van der Waals surface area (Å²) in [7, 11) is 0. The largest absolute Gasteiger partial charge is 0.394 e. The molecule has 0 heterocycles. The minimum atomic E-state index is -0.0658. The van der Waals surface area contributed by atoms with Gasteiger partial charge in [-0.3, -0.25) is 0 Å². The fraction of sp³-hybridized carbons (Fsp3) is 1.00. The van der Waals surface area contributed by atoms with Crippen molar-refractivity contribution in [2.45, 2.75) is 52.0 Å². The highest BCUT2D eigenvalue weighted by Gasteiger charge is 2.34. The van der Waals surface area contributed by atoms with E-state index in [4.69, 9.17) is 0 Å². The third-order valence-corrected chi connectivity index (χ3v) is 4.44. The van der Waals surface area contributed by atoms with E-state index in [1.165, 1.54) is 25.7 Å². The molecule has 1 atom stereocenters.